The van der Waals surface area contributed by atoms with Gasteiger partial charge in [-0.2, -0.15) is 0 Å². The van der Waals surface area contributed by atoms with Crippen LogP contribution in [-0.2, 0) is 16.6 Å². The van der Waals surface area contributed by atoms with Crippen molar-refractivity contribution in [3.63, 3.8) is 0 Å². The summed E-state index contributed by atoms with van der Waals surface area (Å²) >= 11 is 0. The smallest absolute Gasteiger partial charge is 0.406 e. The molecule has 0 saturated carbocycles. The zero-order valence-electron chi connectivity index (χ0n) is 9.91. The van der Waals surface area contributed by atoms with Gasteiger partial charge >= 0.3 is 11.8 Å². The Morgan fingerprint density at radius 1 is 1.71 bits per heavy atom. The average molecular weight is 242 g/mol. The molecule has 0 aliphatic rings. The number of carbonyl (C=O) groups excluding carboxylic acids is 1. The minimum atomic E-state index is -0.574. The molecule has 0 spiro atoms. The first kappa shape index (κ1) is 12.9. The zero-order chi connectivity index (χ0) is 13.0. The molecule has 17 heavy (non-hydrogen) atoms. The van der Waals surface area contributed by atoms with Crippen LogP contribution in [0.4, 0.5) is 11.6 Å². The first-order chi connectivity index (χ1) is 8.01. The van der Waals surface area contributed by atoms with Gasteiger partial charge in [-0.1, -0.05) is 0 Å². The van der Waals surface area contributed by atoms with Crippen LogP contribution < -0.4 is 4.90 Å². The highest BCUT2D eigenvalue weighted by atomic mass is 16.6. The minimum Gasteiger partial charge on any atom is -0.468 e. The van der Waals surface area contributed by atoms with E-state index in [9.17, 15) is 14.9 Å². The fraction of sp³-hybridized carbons (Fsp3) is 0.556. The molecule has 8 heteroatoms. The molecule has 0 fully saturated rings. The van der Waals surface area contributed by atoms with Crippen LogP contribution in [0.3, 0.4) is 0 Å². The molecule has 0 aromatic carbocycles. The van der Waals surface area contributed by atoms with Crippen LogP contribution in [0.15, 0.2) is 6.33 Å². The van der Waals surface area contributed by atoms with E-state index >= 15 is 0 Å². The molecule has 94 valence electrons. The summed E-state index contributed by atoms with van der Waals surface area (Å²) in [6, 6.07) is 0. The number of methoxy groups -OCH3 is 1. The summed E-state index contributed by atoms with van der Waals surface area (Å²) in [5.74, 6) is -0.427. The van der Waals surface area contributed by atoms with Crippen molar-refractivity contribution in [2.75, 3.05) is 25.1 Å². The summed E-state index contributed by atoms with van der Waals surface area (Å²) in [5.41, 5.74) is 0. The third-order valence-corrected chi connectivity index (χ3v) is 2.29. The van der Waals surface area contributed by atoms with Crippen molar-refractivity contribution in [3.05, 3.63) is 16.4 Å². The third-order valence-electron chi connectivity index (χ3n) is 2.29. The molecule has 0 aliphatic heterocycles. The number of imidazole rings is 1. The van der Waals surface area contributed by atoms with Gasteiger partial charge in [0.1, 0.15) is 6.54 Å². The van der Waals surface area contributed by atoms with Gasteiger partial charge < -0.3 is 19.8 Å². The lowest BCUT2D eigenvalue weighted by Gasteiger charge is -2.20. The molecular weight excluding hydrogens is 228 g/mol. The summed E-state index contributed by atoms with van der Waals surface area (Å²) in [6.45, 7) is 2.18. The number of rotatable bonds is 5. The van der Waals surface area contributed by atoms with Crippen LogP contribution in [0.1, 0.15) is 6.92 Å². The van der Waals surface area contributed by atoms with Gasteiger partial charge in [0, 0.05) is 13.6 Å². The molecule has 0 saturated heterocycles. The highest BCUT2D eigenvalue weighted by molar-refractivity contribution is 5.76. The Labute approximate surface area is 97.9 Å². The van der Waals surface area contributed by atoms with Crippen LogP contribution in [0.2, 0.25) is 0 Å². The molecule has 0 atom stereocenters. The monoisotopic (exact) mass is 242 g/mol. The normalized spacial score (nSPS) is 10.1. The minimum absolute atomic E-state index is 0.0482. The number of nitro groups is 1. The summed E-state index contributed by atoms with van der Waals surface area (Å²) in [7, 11) is 2.91. The molecule has 1 aromatic heterocycles. The first-order valence-electron chi connectivity index (χ1n) is 4.98. The Hall–Kier alpha value is -2.12. The van der Waals surface area contributed by atoms with E-state index in [-0.39, 0.29) is 12.4 Å². The number of hydrogen-bond acceptors (Lipinski definition) is 6. The van der Waals surface area contributed by atoms with Crippen LogP contribution in [-0.4, -0.2) is 40.6 Å². The van der Waals surface area contributed by atoms with Crippen molar-refractivity contribution >= 4 is 17.6 Å². The standard InChI is InChI=1S/C9H14N4O4/c1-4-12(5-7(14)17-3)9-8(13(15)16)10-6-11(9)2/h6H,4-5H2,1-3H3. The Bertz CT molecular complexity index is 429. The first-order valence-corrected chi connectivity index (χ1v) is 4.98. The lowest BCUT2D eigenvalue weighted by atomic mass is 10.4. The number of nitrogens with zero attached hydrogens (tertiary/aromatic N) is 4. The van der Waals surface area contributed by atoms with Crippen LogP contribution >= 0.6 is 0 Å². The number of likely N-dealkylation sites (N-methyl/N-ethyl adjacent to an activating group) is 1. The molecule has 1 rings (SSSR count). The van der Waals surface area contributed by atoms with Crippen molar-refractivity contribution in [1.82, 2.24) is 9.55 Å². The third kappa shape index (κ3) is 2.71. The molecule has 8 nitrogen and oxygen atoms in total. The van der Waals surface area contributed by atoms with E-state index in [0.717, 1.165) is 0 Å². The van der Waals surface area contributed by atoms with E-state index in [1.807, 2.05) is 0 Å². The number of ether oxygens (including phenoxy) is 1. The Morgan fingerprint density at radius 3 is 2.82 bits per heavy atom. The summed E-state index contributed by atoms with van der Waals surface area (Å²) < 4.78 is 6.05. The van der Waals surface area contributed by atoms with Crippen molar-refractivity contribution < 1.29 is 14.5 Å². The van der Waals surface area contributed by atoms with Crippen LogP contribution in [0.25, 0.3) is 0 Å². The van der Waals surface area contributed by atoms with Gasteiger partial charge in [-0.25, -0.2) is 0 Å². The van der Waals surface area contributed by atoms with Gasteiger partial charge in [0.15, 0.2) is 0 Å². The number of esters is 1. The lowest BCUT2D eigenvalue weighted by molar-refractivity contribution is -0.388. The van der Waals surface area contributed by atoms with Crippen LogP contribution in [0, 0.1) is 10.1 Å². The summed E-state index contributed by atoms with van der Waals surface area (Å²) in [4.78, 5) is 26.7. The summed E-state index contributed by atoms with van der Waals surface area (Å²) in [6.07, 6.45) is 1.34. The van der Waals surface area contributed by atoms with E-state index in [0.29, 0.717) is 12.4 Å². The fourth-order valence-corrected chi connectivity index (χ4v) is 1.46. The largest absolute Gasteiger partial charge is 0.468 e. The molecule has 0 N–H and O–H groups in total. The molecule has 1 aromatic rings. The maximum atomic E-state index is 11.2. The van der Waals surface area contributed by atoms with E-state index in [4.69, 9.17) is 0 Å². The number of anilines is 1. The molecule has 0 amide bonds. The molecule has 0 unspecified atom stereocenters. The van der Waals surface area contributed by atoms with Gasteiger partial charge in [0.2, 0.25) is 12.1 Å². The van der Waals surface area contributed by atoms with E-state index in [1.54, 1.807) is 14.0 Å². The van der Waals surface area contributed by atoms with Gasteiger partial charge in [-0.05, 0) is 16.8 Å². The Balaban J connectivity index is 3.06. The van der Waals surface area contributed by atoms with Crippen molar-refractivity contribution in [1.29, 1.82) is 0 Å². The van der Waals surface area contributed by atoms with Gasteiger partial charge in [0.05, 0.1) is 7.11 Å². The predicted molar refractivity (Wildman–Crippen MR) is 59.8 cm³/mol. The number of aromatic nitrogens is 2. The second kappa shape index (κ2) is 5.28. The maximum Gasteiger partial charge on any atom is 0.406 e. The molecule has 0 aliphatic carbocycles. The van der Waals surface area contributed by atoms with E-state index in [2.05, 4.69) is 9.72 Å². The van der Waals surface area contributed by atoms with E-state index < -0.39 is 10.9 Å². The Kier molecular flexibility index (Phi) is 4.02. The van der Waals surface area contributed by atoms with E-state index in [1.165, 1.54) is 22.9 Å². The second-order valence-electron chi connectivity index (χ2n) is 3.35. The number of hydrogen-bond donors (Lipinski definition) is 0. The SMILES string of the molecule is CCN(CC(=O)OC)c1c([N+](=O)[O-])ncn1C. The maximum absolute atomic E-state index is 11.2. The Morgan fingerprint density at radius 2 is 2.35 bits per heavy atom. The molecular formula is C9H14N4O4. The number of aryl methyl sites for hydroxylation is 1. The van der Waals surface area contributed by atoms with Crippen molar-refractivity contribution in [2.45, 2.75) is 6.92 Å². The highest BCUT2D eigenvalue weighted by Crippen LogP contribution is 2.25. The topological polar surface area (TPSA) is 90.5 Å². The zero-order valence-corrected chi connectivity index (χ0v) is 9.91. The van der Waals surface area contributed by atoms with Gasteiger partial charge in [-0.15, -0.1) is 0 Å². The quantitative estimate of drug-likeness (QED) is 0.420. The highest BCUT2D eigenvalue weighted by Gasteiger charge is 2.26. The average Bonchev–Trinajstić information content (AvgIpc) is 2.67. The molecule has 1 heterocycles. The fourth-order valence-electron chi connectivity index (χ4n) is 1.46. The molecule has 0 radical (unpaired) electrons. The predicted octanol–water partition coefficient (Wildman–Crippen LogP) is 0.328. The molecule has 0 bridgehead atoms. The van der Waals surface area contributed by atoms with Gasteiger partial charge in [0.25, 0.3) is 0 Å². The second-order valence-corrected chi connectivity index (χ2v) is 3.35. The lowest BCUT2D eigenvalue weighted by Crippen LogP contribution is -2.32. The number of carbonyl (C=O) groups is 1. The van der Waals surface area contributed by atoms with Gasteiger partial charge in [-0.3, -0.25) is 9.36 Å². The van der Waals surface area contributed by atoms with Crippen LogP contribution in [0.5, 0.6) is 0 Å². The van der Waals surface area contributed by atoms with Crippen molar-refractivity contribution in [3.8, 4) is 0 Å². The van der Waals surface area contributed by atoms with Crippen molar-refractivity contribution in [2.24, 2.45) is 7.05 Å². The summed E-state index contributed by atoms with van der Waals surface area (Å²) in [5, 5.41) is 10.8.